The Hall–Kier alpha value is -1.94. The highest BCUT2D eigenvalue weighted by Gasteiger charge is 2.60. The second kappa shape index (κ2) is 9.04. The second-order valence-corrected chi connectivity index (χ2v) is 8.70. The molecule has 0 radical (unpaired) electrons. The van der Waals surface area contributed by atoms with Crippen LogP contribution in [0.5, 0.6) is 11.5 Å². The largest absolute Gasteiger partial charge is 0.496 e. The molecule has 0 bridgehead atoms. The van der Waals surface area contributed by atoms with Crippen molar-refractivity contribution in [2.24, 2.45) is 5.41 Å². The van der Waals surface area contributed by atoms with Crippen LogP contribution in [0, 0.1) is 5.41 Å². The van der Waals surface area contributed by atoms with E-state index in [0.29, 0.717) is 24.3 Å². The molecule has 2 rings (SSSR count). The van der Waals surface area contributed by atoms with Gasteiger partial charge in [0.15, 0.2) is 19.4 Å². The highest BCUT2D eigenvalue weighted by molar-refractivity contribution is 7.28. The van der Waals surface area contributed by atoms with E-state index in [1.54, 1.807) is 39.0 Å². The Bertz CT molecular complexity index is 716. The third-order valence-electron chi connectivity index (χ3n) is 5.65. The Morgan fingerprint density at radius 2 is 1.61 bits per heavy atom. The van der Waals surface area contributed by atoms with Crippen molar-refractivity contribution >= 4 is 20.2 Å². The summed E-state index contributed by atoms with van der Waals surface area (Å²) in [7, 11) is 2.54. The molecule has 0 heterocycles. The number of ether oxygens (including phenoxy) is 3. The zero-order chi connectivity index (χ0) is 20.9. The number of methoxy groups -OCH3 is 2. The normalized spacial score (nSPS) is 18.4. The predicted octanol–water partition coefficient (Wildman–Crippen LogP) is 4.84. The quantitative estimate of drug-likeness (QED) is 0.348. The van der Waals surface area contributed by atoms with Crippen LogP contribution in [0.1, 0.15) is 63.2 Å². The van der Waals surface area contributed by atoms with Gasteiger partial charge < -0.3 is 14.2 Å². The van der Waals surface area contributed by atoms with Crippen LogP contribution in [-0.4, -0.2) is 37.2 Å². The van der Waals surface area contributed by atoms with E-state index in [0.717, 1.165) is 19.3 Å². The van der Waals surface area contributed by atoms with Crippen molar-refractivity contribution in [2.45, 2.75) is 64.1 Å². The molecule has 0 spiro atoms. The first-order chi connectivity index (χ1) is 13.3. The summed E-state index contributed by atoms with van der Waals surface area (Å²) in [6.07, 6.45) is 3.03. The molecular formula is C21H29O6P. The molecule has 1 aromatic rings. The molecule has 1 aliphatic rings. The van der Waals surface area contributed by atoms with Crippen LogP contribution in [0.15, 0.2) is 18.2 Å². The van der Waals surface area contributed by atoms with E-state index in [2.05, 4.69) is 0 Å². The SMILES string of the molecule is COc1cccc(OC)c1C(=O)C1(C(C)(P=O)C(=O)OC(C)C)CCCCC1. The zero-order valence-corrected chi connectivity index (χ0v) is 18.1. The first-order valence-corrected chi connectivity index (χ1v) is 10.4. The number of ketones is 1. The molecule has 154 valence electrons. The Morgan fingerprint density at radius 1 is 1.07 bits per heavy atom. The lowest BCUT2D eigenvalue weighted by Crippen LogP contribution is -2.54. The van der Waals surface area contributed by atoms with Crippen molar-refractivity contribution in [3.8, 4) is 11.5 Å². The van der Waals surface area contributed by atoms with E-state index in [-0.39, 0.29) is 17.5 Å². The van der Waals surface area contributed by atoms with Gasteiger partial charge in [-0.05, 0) is 45.7 Å². The second-order valence-electron chi connectivity index (χ2n) is 7.63. The number of benzene rings is 1. The summed E-state index contributed by atoms with van der Waals surface area (Å²) < 4.78 is 28.6. The topological polar surface area (TPSA) is 78.9 Å². The smallest absolute Gasteiger partial charge is 0.324 e. The van der Waals surface area contributed by atoms with Gasteiger partial charge in [0.1, 0.15) is 17.1 Å². The lowest BCUT2D eigenvalue weighted by atomic mass is 9.61. The summed E-state index contributed by atoms with van der Waals surface area (Å²) in [6.45, 7) is 5.04. The van der Waals surface area contributed by atoms with E-state index < -0.39 is 25.0 Å². The van der Waals surface area contributed by atoms with Crippen molar-refractivity contribution in [1.82, 2.24) is 0 Å². The van der Waals surface area contributed by atoms with E-state index >= 15 is 0 Å². The molecule has 1 saturated carbocycles. The third kappa shape index (κ3) is 3.80. The molecule has 0 aliphatic heterocycles. The van der Waals surface area contributed by atoms with Gasteiger partial charge >= 0.3 is 5.97 Å². The van der Waals surface area contributed by atoms with Crippen LogP contribution >= 0.6 is 8.46 Å². The predicted molar refractivity (Wildman–Crippen MR) is 107 cm³/mol. The lowest BCUT2D eigenvalue weighted by Gasteiger charge is -2.44. The summed E-state index contributed by atoms with van der Waals surface area (Å²) in [4.78, 5) is 27.0. The highest BCUT2D eigenvalue weighted by atomic mass is 31.1. The fourth-order valence-corrected chi connectivity index (χ4v) is 4.68. The molecule has 0 amide bonds. The van der Waals surface area contributed by atoms with Gasteiger partial charge in [-0.1, -0.05) is 25.3 Å². The average Bonchev–Trinajstić information content (AvgIpc) is 2.71. The van der Waals surface area contributed by atoms with Gasteiger partial charge in [-0.3, -0.25) is 14.2 Å². The lowest BCUT2D eigenvalue weighted by molar-refractivity contribution is -0.153. The van der Waals surface area contributed by atoms with Gasteiger partial charge in [0, 0.05) is 0 Å². The number of hydrogen-bond donors (Lipinski definition) is 0. The number of esters is 1. The number of rotatable bonds is 8. The molecule has 0 saturated heterocycles. The maximum Gasteiger partial charge on any atom is 0.324 e. The van der Waals surface area contributed by atoms with Crippen molar-refractivity contribution in [3.63, 3.8) is 0 Å². The highest BCUT2D eigenvalue weighted by Crippen LogP contribution is 2.55. The fraction of sp³-hybridized carbons (Fsp3) is 0.619. The van der Waals surface area contributed by atoms with E-state index in [4.69, 9.17) is 14.2 Å². The first kappa shape index (κ1) is 22.4. The summed E-state index contributed by atoms with van der Waals surface area (Å²) >= 11 is 0. The van der Waals surface area contributed by atoms with Crippen molar-refractivity contribution < 1.29 is 28.4 Å². The van der Waals surface area contributed by atoms with E-state index in [1.165, 1.54) is 14.2 Å². The summed E-state index contributed by atoms with van der Waals surface area (Å²) in [5.41, 5.74) is -0.885. The van der Waals surface area contributed by atoms with Gasteiger partial charge in [-0.15, -0.1) is 0 Å². The van der Waals surface area contributed by atoms with Crippen molar-refractivity contribution in [1.29, 1.82) is 0 Å². The maximum absolute atomic E-state index is 14.0. The number of hydrogen-bond acceptors (Lipinski definition) is 6. The van der Waals surface area contributed by atoms with Crippen molar-refractivity contribution in [3.05, 3.63) is 23.8 Å². The van der Waals surface area contributed by atoms with Crippen LogP contribution in [0.25, 0.3) is 0 Å². The molecule has 0 N–H and O–H groups in total. The number of Topliss-reactive ketones (excluding diaryl/α,β-unsaturated/α-hetero) is 1. The zero-order valence-electron chi connectivity index (χ0n) is 17.2. The van der Waals surface area contributed by atoms with Crippen molar-refractivity contribution in [2.75, 3.05) is 14.2 Å². The van der Waals surface area contributed by atoms with Crippen LogP contribution in [0.3, 0.4) is 0 Å². The van der Waals surface area contributed by atoms with Crippen LogP contribution in [-0.2, 0) is 14.1 Å². The van der Waals surface area contributed by atoms with Gasteiger partial charge in [0.2, 0.25) is 0 Å². The van der Waals surface area contributed by atoms with Gasteiger partial charge in [0.05, 0.1) is 25.7 Å². The minimum absolute atomic E-state index is 0.279. The van der Waals surface area contributed by atoms with Gasteiger partial charge in [-0.25, -0.2) is 0 Å². The Morgan fingerprint density at radius 3 is 2.04 bits per heavy atom. The van der Waals surface area contributed by atoms with Crippen LogP contribution in [0.4, 0.5) is 0 Å². The molecule has 1 fully saturated rings. The Kier molecular flexibility index (Phi) is 7.22. The fourth-order valence-electron chi connectivity index (χ4n) is 4.05. The molecule has 28 heavy (non-hydrogen) atoms. The summed E-state index contributed by atoms with van der Waals surface area (Å²) in [5.74, 6) is -0.163. The molecule has 6 nitrogen and oxygen atoms in total. The molecular weight excluding hydrogens is 379 g/mol. The standard InChI is InChI=1S/C21H29O6P/c1-14(2)27-19(23)20(3,28-24)21(12-7-6-8-13-21)18(22)17-15(25-4)10-9-11-16(17)26-5/h9-11,14H,6-8,12-13H2,1-5H3. The van der Waals surface area contributed by atoms with Crippen LogP contribution in [0.2, 0.25) is 0 Å². The molecule has 1 unspecified atom stereocenters. The maximum atomic E-state index is 14.0. The van der Waals surface area contributed by atoms with Gasteiger partial charge in [0.25, 0.3) is 0 Å². The minimum atomic E-state index is -1.50. The molecule has 7 heteroatoms. The van der Waals surface area contributed by atoms with Gasteiger partial charge in [-0.2, -0.15) is 0 Å². The Balaban J connectivity index is 2.68. The Labute approximate surface area is 168 Å². The number of carbonyl (C=O) groups excluding carboxylic acids is 2. The summed E-state index contributed by atoms with van der Waals surface area (Å²) in [6, 6.07) is 5.11. The molecule has 1 aliphatic carbocycles. The summed E-state index contributed by atoms with van der Waals surface area (Å²) in [5, 5.41) is -1.50. The monoisotopic (exact) mass is 408 g/mol. The van der Waals surface area contributed by atoms with E-state index in [9.17, 15) is 14.2 Å². The molecule has 0 aromatic heterocycles. The van der Waals surface area contributed by atoms with E-state index in [1.807, 2.05) is 0 Å². The average molecular weight is 408 g/mol. The van der Waals surface area contributed by atoms with Crippen LogP contribution < -0.4 is 9.47 Å². The molecule has 1 atom stereocenters. The third-order valence-corrected chi connectivity index (χ3v) is 6.63. The molecule has 1 aromatic carbocycles. The first-order valence-electron chi connectivity index (χ1n) is 9.58. The number of carbonyl (C=O) groups is 2. The minimum Gasteiger partial charge on any atom is -0.496 e.